The van der Waals surface area contributed by atoms with Gasteiger partial charge in [0.25, 0.3) is 5.91 Å². The van der Waals surface area contributed by atoms with E-state index in [1.165, 1.54) is 6.07 Å². The number of amides is 1. The lowest BCUT2D eigenvalue weighted by Crippen LogP contribution is -2.43. The summed E-state index contributed by atoms with van der Waals surface area (Å²) >= 11 is 1.89. The summed E-state index contributed by atoms with van der Waals surface area (Å²) in [6, 6.07) is 1.36. The van der Waals surface area contributed by atoms with Gasteiger partial charge in [-0.15, -0.1) is 0 Å². The van der Waals surface area contributed by atoms with E-state index in [0.717, 1.165) is 5.75 Å². The number of rotatable bonds is 4. The second kappa shape index (κ2) is 6.56. The molecule has 0 spiro atoms. The molecule has 6 heteroatoms. The molecule has 1 fully saturated rings. The molecule has 1 aliphatic heterocycles. The fourth-order valence-corrected chi connectivity index (χ4v) is 3.70. The number of carbonyl (C=O) groups excluding carboxylic acids is 1. The van der Waals surface area contributed by atoms with E-state index in [1.54, 1.807) is 4.90 Å². The monoisotopic (exact) mass is 311 g/mol. The highest BCUT2D eigenvalue weighted by Gasteiger charge is 2.29. The average molecular weight is 311 g/mol. The maximum absolute atomic E-state index is 12.5. The third kappa shape index (κ3) is 3.43. The maximum atomic E-state index is 12.5. The minimum Gasteiger partial charge on any atom is -0.478 e. The molecule has 1 amide bonds. The molecule has 1 aromatic rings. The zero-order valence-electron chi connectivity index (χ0n) is 12.6. The number of carbonyl (C=O) groups is 2. The minimum absolute atomic E-state index is 0.0904. The van der Waals surface area contributed by atoms with Crippen LogP contribution in [0.4, 0.5) is 0 Å². The first-order valence-electron chi connectivity index (χ1n) is 7.20. The standard InChI is InChI=1S/C15H21NO4S/c1-4-11-10(15(18)19)7-12(20-11)14(17)16-5-6-21-13(8-16)9(2)3/h7,9,13H,4-6,8H2,1-3H3,(H,18,19). The Morgan fingerprint density at radius 1 is 1.52 bits per heavy atom. The zero-order valence-corrected chi connectivity index (χ0v) is 13.4. The summed E-state index contributed by atoms with van der Waals surface area (Å²) in [6.45, 7) is 7.47. The highest BCUT2D eigenvalue weighted by atomic mass is 32.2. The summed E-state index contributed by atoms with van der Waals surface area (Å²) in [5, 5.41) is 9.55. The van der Waals surface area contributed by atoms with Gasteiger partial charge in [-0.2, -0.15) is 11.8 Å². The van der Waals surface area contributed by atoms with Crippen LogP contribution in [0, 0.1) is 5.92 Å². The van der Waals surface area contributed by atoms with Gasteiger partial charge in [-0.1, -0.05) is 20.8 Å². The Labute approximate surface area is 128 Å². The molecule has 0 saturated carbocycles. The van der Waals surface area contributed by atoms with E-state index in [-0.39, 0.29) is 17.2 Å². The number of nitrogens with zero attached hydrogens (tertiary/aromatic N) is 1. The number of carboxylic acids is 1. The second-order valence-electron chi connectivity index (χ2n) is 5.51. The number of carboxylic acid groups (broad SMARTS) is 1. The second-order valence-corrected chi connectivity index (χ2v) is 6.86. The molecule has 1 atom stereocenters. The van der Waals surface area contributed by atoms with Crippen LogP contribution in [0.5, 0.6) is 0 Å². The normalized spacial score (nSPS) is 19.0. The van der Waals surface area contributed by atoms with Crippen molar-refractivity contribution in [1.29, 1.82) is 0 Å². The van der Waals surface area contributed by atoms with E-state index >= 15 is 0 Å². The molecule has 21 heavy (non-hydrogen) atoms. The van der Waals surface area contributed by atoms with Gasteiger partial charge in [-0.05, 0) is 5.92 Å². The van der Waals surface area contributed by atoms with Gasteiger partial charge >= 0.3 is 5.97 Å². The van der Waals surface area contributed by atoms with Crippen molar-refractivity contribution in [2.24, 2.45) is 5.92 Å². The molecule has 2 heterocycles. The molecule has 0 bridgehead atoms. The van der Waals surface area contributed by atoms with Crippen LogP contribution in [-0.4, -0.2) is 46.0 Å². The molecular formula is C15H21NO4S. The number of furan rings is 1. The van der Waals surface area contributed by atoms with E-state index in [1.807, 2.05) is 18.7 Å². The van der Waals surface area contributed by atoms with Crippen LogP contribution in [0.15, 0.2) is 10.5 Å². The zero-order chi connectivity index (χ0) is 15.6. The van der Waals surface area contributed by atoms with Crippen LogP contribution in [0.3, 0.4) is 0 Å². The van der Waals surface area contributed by atoms with Crippen LogP contribution in [0.25, 0.3) is 0 Å². The third-order valence-electron chi connectivity index (χ3n) is 3.70. The van der Waals surface area contributed by atoms with E-state index in [4.69, 9.17) is 9.52 Å². The summed E-state index contributed by atoms with van der Waals surface area (Å²) in [7, 11) is 0. The number of thioether (sulfide) groups is 1. The van der Waals surface area contributed by atoms with E-state index < -0.39 is 5.97 Å². The summed E-state index contributed by atoms with van der Waals surface area (Å²) in [5.74, 6) is 0.646. The molecule has 1 aromatic heterocycles. The van der Waals surface area contributed by atoms with Crippen LogP contribution in [0.1, 0.15) is 47.4 Å². The summed E-state index contributed by atoms with van der Waals surface area (Å²) < 4.78 is 5.46. The van der Waals surface area contributed by atoms with Crippen molar-refractivity contribution in [2.45, 2.75) is 32.4 Å². The first kappa shape index (κ1) is 15.9. The Morgan fingerprint density at radius 2 is 2.24 bits per heavy atom. The number of aryl methyl sites for hydroxylation is 1. The summed E-state index contributed by atoms with van der Waals surface area (Å²) in [6.07, 6.45) is 0.458. The molecule has 2 rings (SSSR count). The molecule has 1 unspecified atom stereocenters. The minimum atomic E-state index is -1.05. The van der Waals surface area contributed by atoms with Crippen molar-refractivity contribution in [1.82, 2.24) is 4.90 Å². The molecule has 0 aliphatic carbocycles. The molecular weight excluding hydrogens is 290 g/mol. The van der Waals surface area contributed by atoms with Crippen LogP contribution in [0.2, 0.25) is 0 Å². The van der Waals surface area contributed by atoms with E-state index in [2.05, 4.69) is 13.8 Å². The van der Waals surface area contributed by atoms with E-state index in [9.17, 15) is 9.59 Å². The number of hydrogen-bond donors (Lipinski definition) is 1. The van der Waals surface area contributed by atoms with Gasteiger partial charge in [-0.25, -0.2) is 4.79 Å². The van der Waals surface area contributed by atoms with Crippen molar-refractivity contribution in [3.63, 3.8) is 0 Å². The Bertz CT molecular complexity index is 538. The van der Waals surface area contributed by atoms with Gasteiger partial charge in [0.2, 0.25) is 0 Å². The van der Waals surface area contributed by atoms with Gasteiger partial charge < -0.3 is 14.4 Å². The first-order chi connectivity index (χ1) is 9.93. The van der Waals surface area contributed by atoms with Crippen LogP contribution < -0.4 is 0 Å². The molecule has 0 radical (unpaired) electrons. The van der Waals surface area contributed by atoms with Gasteiger partial charge in [0, 0.05) is 36.6 Å². The summed E-state index contributed by atoms with van der Waals surface area (Å²) in [4.78, 5) is 25.4. The van der Waals surface area contributed by atoms with Gasteiger partial charge in [-0.3, -0.25) is 4.79 Å². The number of aromatic carboxylic acids is 1. The Balaban J connectivity index is 2.18. The van der Waals surface area contributed by atoms with Gasteiger partial charge in [0.1, 0.15) is 11.3 Å². The van der Waals surface area contributed by atoms with Crippen molar-refractivity contribution in [2.75, 3.05) is 18.8 Å². The number of hydrogen-bond acceptors (Lipinski definition) is 4. The first-order valence-corrected chi connectivity index (χ1v) is 8.25. The molecule has 1 aliphatic rings. The maximum Gasteiger partial charge on any atom is 0.339 e. The molecule has 1 saturated heterocycles. The highest BCUT2D eigenvalue weighted by molar-refractivity contribution is 8.00. The Hall–Kier alpha value is -1.43. The van der Waals surface area contributed by atoms with Crippen molar-refractivity contribution >= 4 is 23.6 Å². The lowest BCUT2D eigenvalue weighted by Gasteiger charge is -2.33. The van der Waals surface area contributed by atoms with Crippen LogP contribution >= 0.6 is 11.8 Å². The van der Waals surface area contributed by atoms with E-state index in [0.29, 0.717) is 36.4 Å². The third-order valence-corrected chi connectivity index (χ3v) is 5.24. The molecule has 1 N–H and O–H groups in total. The fraction of sp³-hybridized carbons (Fsp3) is 0.600. The largest absolute Gasteiger partial charge is 0.478 e. The average Bonchev–Trinajstić information content (AvgIpc) is 2.91. The predicted molar refractivity (Wildman–Crippen MR) is 82.0 cm³/mol. The topological polar surface area (TPSA) is 70.8 Å². The van der Waals surface area contributed by atoms with Gasteiger partial charge in [0.15, 0.2) is 5.76 Å². The molecule has 116 valence electrons. The lowest BCUT2D eigenvalue weighted by atomic mass is 10.1. The SMILES string of the molecule is CCc1oc(C(=O)N2CCSC(C(C)C)C2)cc1C(=O)O. The molecule has 5 nitrogen and oxygen atoms in total. The predicted octanol–water partition coefficient (Wildman–Crippen LogP) is 2.75. The van der Waals surface area contributed by atoms with Crippen LogP contribution in [-0.2, 0) is 6.42 Å². The highest BCUT2D eigenvalue weighted by Crippen LogP contribution is 2.26. The quantitative estimate of drug-likeness (QED) is 0.926. The lowest BCUT2D eigenvalue weighted by molar-refractivity contribution is 0.0691. The smallest absolute Gasteiger partial charge is 0.339 e. The fourth-order valence-electron chi connectivity index (χ4n) is 2.40. The Morgan fingerprint density at radius 3 is 2.76 bits per heavy atom. The van der Waals surface area contributed by atoms with Gasteiger partial charge in [0.05, 0.1) is 0 Å². The van der Waals surface area contributed by atoms with Crippen molar-refractivity contribution < 1.29 is 19.1 Å². The summed E-state index contributed by atoms with van der Waals surface area (Å²) in [5.41, 5.74) is 0.0904. The van der Waals surface area contributed by atoms with Crippen molar-refractivity contribution in [3.05, 3.63) is 23.2 Å². The Kier molecular flexibility index (Phi) is 4.98. The van der Waals surface area contributed by atoms with Crippen molar-refractivity contribution in [3.8, 4) is 0 Å². The molecule has 0 aromatic carbocycles.